The van der Waals surface area contributed by atoms with Crippen molar-refractivity contribution in [3.63, 3.8) is 0 Å². The number of ether oxygens (including phenoxy) is 2. The lowest BCUT2D eigenvalue weighted by Gasteiger charge is -2.07. The largest absolute Gasteiger partial charge is 0.485 e. The highest BCUT2D eigenvalue weighted by molar-refractivity contribution is 6.30. The Labute approximate surface area is 166 Å². The molecular weight excluding hydrogens is 380 g/mol. The highest BCUT2D eigenvalue weighted by Crippen LogP contribution is 2.35. The molecule has 0 saturated carbocycles. The Kier molecular flexibility index (Phi) is 4.75. The number of ketones is 2. The lowest BCUT2D eigenvalue weighted by atomic mass is 10.1. The lowest BCUT2D eigenvalue weighted by Crippen LogP contribution is -2.11. The predicted molar refractivity (Wildman–Crippen MR) is 104 cm³/mol. The Morgan fingerprint density at radius 3 is 2.61 bits per heavy atom. The summed E-state index contributed by atoms with van der Waals surface area (Å²) in [5.41, 5.74) is 0.946. The molecule has 0 N–H and O–H groups in total. The number of hydrogen-bond donors (Lipinski definition) is 0. The van der Waals surface area contributed by atoms with Crippen molar-refractivity contribution in [3.8, 4) is 11.5 Å². The summed E-state index contributed by atoms with van der Waals surface area (Å²) in [4.78, 5) is 24.7. The van der Waals surface area contributed by atoms with Crippen LogP contribution in [0.15, 0.2) is 64.8 Å². The van der Waals surface area contributed by atoms with Gasteiger partial charge in [0.25, 0.3) is 0 Å². The number of allylic oxidation sites excluding steroid dienone is 1. The number of aryl methyl sites for hydroxylation is 1. The van der Waals surface area contributed by atoms with Gasteiger partial charge in [-0.15, -0.1) is 0 Å². The first-order chi connectivity index (χ1) is 13.5. The highest BCUT2D eigenvalue weighted by Gasteiger charge is 2.28. The maximum Gasteiger partial charge on any atom is 0.232 e. The van der Waals surface area contributed by atoms with Crippen LogP contribution in [-0.2, 0) is 0 Å². The second-order valence-corrected chi connectivity index (χ2v) is 6.70. The molecule has 0 saturated heterocycles. The van der Waals surface area contributed by atoms with E-state index in [0.29, 0.717) is 33.4 Å². The molecule has 2 heterocycles. The van der Waals surface area contributed by atoms with Crippen molar-refractivity contribution in [1.82, 2.24) is 0 Å². The Balaban J connectivity index is 1.46. The zero-order chi connectivity index (χ0) is 19.7. The standard InChI is InChI=1S/C22H15ClO5/c1-13-2-7-17(27-13)11-21-22(25)18-9-8-16(10-20(18)28-21)26-12-19(24)14-3-5-15(23)6-4-14/h2-11H,12H2,1H3. The van der Waals surface area contributed by atoms with E-state index in [1.54, 1.807) is 54.6 Å². The third kappa shape index (κ3) is 3.70. The van der Waals surface area contributed by atoms with Crippen molar-refractivity contribution in [2.75, 3.05) is 6.61 Å². The fourth-order valence-electron chi connectivity index (χ4n) is 2.79. The van der Waals surface area contributed by atoms with Gasteiger partial charge in [0.1, 0.15) is 23.0 Å². The zero-order valence-corrected chi connectivity index (χ0v) is 15.7. The molecule has 0 amide bonds. The minimum Gasteiger partial charge on any atom is -0.485 e. The van der Waals surface area contributed by atoms with E-state index >= 15 is 0 Å². The second-order valence-electron chi connectivity index (χ2n) is 6.26. The van der Waals surface area contributed by atoms with Gasteiger partial charge in [0.2, 0.25) is 5.78 Å². The first kappa shape index (κ1) is 18.1. The average molecular weight is 395 g/mol. The smallest absolute Gasteiger partial charge is 0.232 e. The SMILES string of the molecule is Cc1ccc(C=C2Oc3cc(OCC(=O)c4ccc(Cl)cc4)ccc3C2=O)o1. The van der Waals surface area contributed by atoms with Crippen LogP contribution in [0.25, 0.3) is 6.08 Å². The number of benzene rings is 2. The van der Waals surface area contributed by atoms with Crippen molar-refractivity contribution in [2.24, 2.45) is 0 Å². The fourth-order valence-corrected chi connectivity index (χ4v) is 2.91. The molecule has 6 heteroatoms. The Hall–Kier alpha value is -3.31. The topological polar surface area (TPSA) is 65.7 Å². The van der Waals surface area contributed by atoms with E-state index in [4.69, 9.17) is 25.5 Å². The van der Waals surface area contributed by atoms with Gasteiger partial charge in [0.05, 0.1) is 5.56 Å². The minimum atomic E-state index is -0.229. The van der Waals surface area contributed by atoms with E-state index in [1.165, 1.54) is 0 Å². The molecular formula is C22H15ClO5. The summed E-state index contributed by atoms with van der Waals surface area (Å²) in [5, 5.41) is 0.562. The van der Waals surface area contributed by atoms with Gasteiger partial charge in [-0.25, -0.2) is 0 Å². The Bertz CT molecular complexity index is 1090. The van der Waals surface area contributed by atoms with Crippen molar-refractivity contribution in [3.05, 3.63) is 88.0 Å². The number of rotatable bonds is 5. The van der Waals surface area contributed by atoms with Crippen LogP contribution >= 0.6 is 11.6 Å². The third-order valence-corrected chi connectivity index (χ3v) is 4.46. The van der Waals surface area contributed by atoms with Gasteiger partial charge in [-0.05, 0) is 55.5 Å². The van der Waals surface area contributed by atoms with Crippen molar-refractivity contribution in [1.29, 1.82) is 0 Å². The molecule has 1 aliphatic rings. The van der Waals surface area contributed by atoms with E-state index in [9.17, 15) is 9.59 Å². The predicted octanol–water partition coefficient (Wildman–Crippen LogP) is 5.12. The molecule has 0 atom stereocenters. The zero-order valence-electron chi connectivity index (χ0n) is 14.9. The van der Waals surface area contributed by atoms with E-state index in [-0.39, 0.29) is 23.9 Å². The summed E-state index contributed by atoms with van der Waals surface area (Å²) in [7, 11) is 0. The van der Waals surface area contributed by atoms with Crippen LogP contribution in [0, 0.1) is 6.92 Å². The van der Waals surface area contributed by atoms with Gasteiger partial charge in [0, 0.05) is 22.7 Å². The van der Waals surface area contributed by atoms with Crippen molar-refractivity contribution in [2.45, 2.75) is 6.92 Å². The number of halogens is 1. The number of hydrogen-bond acceptors (Lipinski definition) is 5. The summed E-state index contributed by atoms with van der Waals surface area (Å²) in [6.07, 6.45) is 1.56. The molecule has 140 valence electrons. The summed E-state index contributed by atoms with van der Waals surface area (Å²) >= 11 is 5.82. The summed E-state index contributed by atoms with van der Waals surface area (Å²) in [6, 6.07) is 15.0. The van der Waals surface area contributed by atoms with E-state index in [1.807, 2.05) is 13.0 Å². The number of furan rings is 1. The maximum atomic E-state index is 12.5. The van der Waals surface area contributed by atoms with Crippen LogP contribution in [0.3, 0.4) is 0 Å². The first-order valence-electron chi connectivity index (χ1n) is 8.56. The van der Waals surface area contributed by atoms with Crippen LogP contribution in [0.5, 0.6) is 11.5 Å². The van der Waals surface area contributed by atoms with E-state index in [0.717, 1.165) is 5.76 Å². The molecule has 0 spiro atoms. The van der Waals surface area contributed by atoms with Gasteiger partial charge in [-0.1, -0.05) is 11.6 Å². The molecule has 2 aromatic carbocycles. The van der Waals surface area contributed by atoms with E-state index in [2.05, 4.69) is 0 Å². The number of carbonyl (C=O) groups is 2. The third-order valence-electron chi connectivity index (χ3n) is 4.21. The summed E-state index contributed by atoms with van der Waals surface area (Å²) in [6.45, 7) is 1.69. The minimum absolute atomic E-state index is 0.136. The highest BCUT2D eigenvalue weighted by atomic mass is 35.5. The van der Waals surface area contributed by atoms with Gasteiger partial charge >= 0.3 is 0 Å². The number of carbonyl (C=O) groups excluding carboxylic acids is 2. The molecule has 3 aromatic rings. The van der Waals surface area contributed by atoms with Gasteiger partial charge in [0.15, 0.2) is 18.1 Å². The average Bonchev–Trinajstić information content (AvgIpc) is 3.23. The first-order valence-corrected chi connectivity index (χ1v) is 8.94. The van der Waals surface area contributed by atoms with Crippen LogP contribution in [0.4, 0.5) is 0 Å². The van der Waals surface area contributed by atoms with Gasteiger partial charge in [-0.2, -0.15) is 0 Å². The van der Waals surface area contributed by atoms with Crippen LogP contribution in [0.2, 0.25) is 5.02 Å². The van der Waals surface area contributed by atoms with Crippen LogP contribution in [-0.4, -0.2) is 18.2 Å². The Morgan fingerprint density at radius 2 is 1.89 bits per heavy atom. The molecule has 5 nitrogen and oxygen atoms in total. The van der Waals surface area contributed by atoms with E-state index < -0.39 is 0 Å². The molecule has 4 rings (SSSR count). The number of fused-ring (bicyclic) bond motifs is 1. The van der Waals surface area contributed by atoms with Gasteiger partial charge < -0.3 is 13.9 Å². The van der Waals surface area contributed by atoms with Crippen molar-refractivity contribution >= 4 is 29.2 Å². The molecule has 1 aliphatic heterocycles. The van der Waals surface area contributed by atoms with Crippen molar-refractivity contribution < 1.29 is 23.5 Å². The molecule has 0 radical (unpaired) electrons. The second kappa shape index (κ2) is 7.37. The summed E-state index contributed by atoms with van der Waals surface area (Å²) in [5.74, 6) is 1.88. The molecule has 0 fully saturated rings. The summed E-state index contributed by atoms with van der Waals surface area (Å²) < 4.78 is 16.7. The monoisotopic (exact) mass is 394 g/mol. The Morgan fingerprint density at radius 1 is 1.11 bits per heavy atom. The molecule has 0 bridgehead atoms. The van der Waals surface area contributed by atoms with Crippen LogP contribution < -0.4 is 9.47 Å². The molecule has 0 unspecified atom stereocenters. The lowest BCUT2D eigenvalue weighted by molar-refractivity contribution is 0.0921. The number of Topliss-reactive ketones (excluding diaryl/α,β-unsaturated/α-hetero) is 2. The normalized spacial score (nSPS) is 14.1. The molecule has 1 aromatic heterocycles. The maximum absolute atomic E-state index is 12.5. The van der Waals surface area contributed by atoms with Crippen LogP contribution in [0.1, 0.15) is 32.2 Å². The fraction of sp³-hybridized carbons (Fsp3) is 0.0909. The quantitative estimate of drug-likeness (QED) is 0.444. The molecule has 28 heavy (non-hydrogen) atoms. The van der Waals surface area contributed by atoms with Gasteiger partial charge in [-0.3, -0.25) is 9.59 Å². The molecule has 0 aliphatic carbocycles.